The molecule has 0 amide bonds. The monoisotopic (exact) mass is 764 g/mol. The zero-order valence-electron chi connectivity index (χ0n) is 33.0. The summed E-state index contributed by atoms with van der Waals surface area (Å²) in [4.78, 5) is 2.43. The first-order valence-corrected chi connectivity index (χ1v) is 20.6. The predicted molar refractivity (Wildman–Crippen MR) is 255 cm³/mol. The number of para-hydroxylation sites is 2. The van der Waals surface area contributed by atoms with Crippen LogP contribution in [-0.4, -0.2) is 4.57 Å². The second-order valence-corrected chi connectivity index (χ2v) is 15.3. The van der Waals surface area contributed by atoms with Crippen molar-refractivity contribution in [3.8, 4) is 50.2 Å². The van der Waals surface area contributed by atoms with Gasteiger partial charge in [-0.15, -0.1) is 0 Å². The van der Waals surface area contributed by atoms with E-state index in [-0.39, 0.29) is 0 Å². The summed E-state index contributed by atoms with van der Waals surface area (Å²) in [5, 5.41) is 4.89. The normalized spacial score (nSPS) is 11.3. The molecule has 2 nitrogen and oxygen atoms in total. The highest BCUT2D eigenvalue weighted by Gasteiger charge is 2.21. The molecule has 60 heavy (non-hydrogen) atoms. The molecule has 2 heteroatoms. The summed E-state index contributed by atoms with van der Waals surface area (Å²) in [5.74, 6) is 0. The van der Waals surface area contributed by atoms with Crippen LogP contribution >= 0.6 is 0 Å². The van der Waals surface area contributed by atoms with Crippen molar-refractivity contribution in [3.63, 3.8) is 0 Å². The minimum Gasteiger partial charge on any atom is -0.309 e. The molecular formula is C58H40N2. The van der Waals surface area contributed by atoms with Crippen LogP contribution in [-0.2, 0) is 0 Å². The number of fused-ring (bicyclic) bond motifs is 4. The Bertz CT molecular complexity index is 3280. The van der Waals surface area contributed by atoms with Gasteiger partial charge in [0, 0.05) is 33.1 Å². The maximum Gasteiger partial charge on any atom is 0.0547 e. The molecule has 0 N–H and O–H groups in total. The summed E-state index contributed by atoms with van der Waals surface area (Å²) >= 11 is 0. The van der Waals surface area contributed by atoms with E-state index in [4.69, 9.17) is 0 Å². The molecule has 1 aromatic heterocycles. The fourth-order valence-electron chi connectivity index (χ4n) is 8.96. The smallest absolute Gasteiger partial charge is 0.0547 e. The molecular weight excluding hydrogens is 725 g/mol. The van der Waals surface area contributed by atoms with Gasteiger partial charge in [-0.05, 0) is 92.9 Å². The molecule has 0 bridgehead atoms. The number of nitrogens with zero attached hydrogens (tertiary/aromatic N) is 2. The quantitative estimate of drug-likeness (QED) is 0.150. The van der Waals surface area contributed by atoms with Crippen LogP contribution in [0.2, 0.25) is 0 Å². The first-order valence-electron chi connectivity index (χ1n) is 20.6. The largest absolute Gasteiger partial charge is 0.309 e. The predicted octanol–water partition coefficient (Wildman–Crippen LogP) is 16.1. The molecule has 0 spiro atoms. The molecule has 0 saturated heterocycles. The minimum atomic E-state index is 1.10. The van der Waals surface area contributed by atoms with Crippen molar-refractivity contribution in [1.29, 1.82) is 0 Å². The van der Waals surface area contributed by atoms with Crippen molar-refractivity contribution >= 4 is 49.6 Å². The average Bonchev–Trinajstić information content (AvgIpc) is 3.66. The lowest BCUT2D eigenvalue weighted by Crippen LogP contribution is -2.12. The maximum absolute atomic E-state index is 2.43. The van der Waals surface area contributed by atoms with Gasteiger partial charge in [0.05, 0.1) is 22.4 Å². The van der Waals surface area contributed by atoms with Crippen LogP contribution in [0.3, 0.4) is 0 Å². The molecule has 0 saturated carbocycles. The van der Waals surface area contributed by atoms with Crippen molar-refractivity contribution in [3.05, 3.63) is 243 Å². The van der Waals surface area contributed by atoms with Gasteiger partial charge >= 0.3 is 0 Å². The van der Waals surface area contributed by atoms with E-state index >= 15 is 0 Å². The third kappa shape index (κ3) is 6.23. The molecule has 0 aliphatic heterocycles. The van der Waals surface area contributed by atoms with Crippen LogP contribution in [0.1, 0.15) is 0 Å². The molecule has 0 fully saturated rings. The number of rotatable bonds is 8. The van der Waals surface area contributed by atoms with Gasteiger partial charge in [-0.1, -0.05) is 194 Å². The number of anilines is 3. The molecule has 0 unspecified atom stereocenters. The first-order chi connectivity index (χ1) is 29.8. The average molecular weight is 765 g/mol. The van der Waals surface area contributed by atoms with E-state index in [1.54, 1.807) is 0 Å². The van der Waals surface area contributed by atoms with E-state index in [0.29, 0.717) is 0 Å². The lowest BCUT2D eigenvalue weighted by atomic mass is 9.92. The third-order valence-electron chi connectivity index (χ3n) is 11.8. The highest BCUT2D eigenvalue weighted by atomic mass is 15.1. The lowest BCUT2D eigenvalue weighted by molar-refractivity contribution is 1.18. The van der Waals surface area contributed by atoms with Crippen molar-refractivity contribution in [2.75, 3.05) is 4.90 Å². The number of hydrogen-bond donors (Lipinski definition) is 0. The Morgan fingerprint density at radius 2 is 0.783 bits per heavy atom. The van der Waals surface area contributed by atoms with E-state index in [9.17, 15) is 0 Å². The van der Waals surface area contributed by atoms with Crippen molar-refractivity contribution in [2.24, 2.45) is 0 Å². The van der Waals surface area contributed by atoms with E-state index < -0.39 is 0 Å². The molecule has 0 aliphatic carbocycles. The second-order valence-electron chi connectivity index (χ2n) is 15.3. The highest BCUT2D eigenvalue weighted by molar-refractivity contribution is 6.11. The molecule has 0 atom stereocenters. The maximum atomic E-state index is 2.43. The molecule has 0 radical (unpaired) electrons. The van der Waals surface area contributed by atoms with E-state index in [2.05, 4.69) is 252 Å². The Hall–Kier alpha value is -7.94. The van der Waals surface area contributed by atoms with Gasteiger partial charge in [0.2, 0.25) is 0 Å². The van der Waals surface area contributed by atoms with Crippen LogP contribution in [0.4, 0.5) is 17.1 Å². The molecule has 1 heterocycles. The summed E-state index contributed by atoms with van der Waals surface area (Å²) in [6, 6.07) is 87.9. The van der Waals surface area contributed by atoms with Gasteiger partial charge in [-0.2, -0.15) is 0 Å². The summed E-state index contributed by atoms with van der Waals surface area (Å²) in [7, 11) is 0. The van der Waals surface area contributed by atoms with E-state index in [1.165, 1.54) is 71.5 Å². The van der Waals surface area contributed by atoms with Gasteiger partial charge < -0.3 is 9.47 Å². The molecule has 10 aromatic carbocycles. The molecule has 0 aliphatic rings. The zero-order valence-corrected chi connectivity index (χ0v) is 33.0. The Morgan fingerprint density at radius 3 is 1.52 bits per heavy atom. The molecule has 11 rings (SSSR count). The zero-order chi connectivity index (χ0) is 39.8. The van der Waals surface area contributed by atoms with Crippen molar-refractivity contribution in [1.82, 2.24) is 4.57 Å². The van der Waals surface area contributed by atoms with Crippen LogP contribution in [0.15, 0.2) is 243 Å². The minimum absolute atomic E-state index is 1.10. The Labute approximate surface area is 350 Å². The SMILES string of the molecule is c1ccc(-c2ccc(N(c3ccccc3-c3ccccc3-c3ccc4c5ccccc5n(-c5ccc(-c6ccccc6)cc5)c4c3)c3cccc4ccccc34)cc2)cc1. The topological polar surface area (TPSA) is 8.17 Å². The van der Waals surface area contributed by atoms with E-state index in [0.717, 1.165) is 28.3 Å². The summed E-state index contributed by atoms with van der Waals surface area (Å²) in [6.07, 6.45) is 0. The van der Waals surface area contributed by atoms with Crippen LogP contribution in [0.25, 0.3) is 82.8 Å². The second kappa shape index (κ2) is 15.1. The van der Waals surface area contributed by atoms with Crippen molar-refractivity contribution < 1.29 is 0 Å². The van der Waals surface area contributed by atoms with Crippen LogP contribution in [0.5, 0.6) is 0 Å². The molecule has 11 aromatic rings. The van der Waals surface area contributed by atoms with Crippen LogP contribution < -0.4 is 4.90 Å². The van der Waals surface area contributed by atoms with Gasteiger partial charge in [0.1, 0.15) is 0 Å². The summed E-state index contributed by atoms with van der Waals surface area (Å²) < 4.78 is 2.42. The third-order valence-corrected chi connectivity index (χ3v) is 11.8. The fraction of sp³-hybridized carbons (Fsp3) is 0. The van der Waals surface area contributed by atoms with Crippen LogP contribution in [0, 0.1) is 0 Å². The van der Waals surface area contributed by atoms with Crippen molar-refractivity contribution in [2.45, 2.75) is 0 Å². The number of hydrogen-bond acceptors (Lipinski definition) is 1. The van der Waals surface area contributed by atoms with E-state index in [1.807, 2.05) is 0 Å². The molecule has 282 valence electrons. The van der Waals surface area contributed by atoms with Gasteiger partial charge in [-0.3, -0.25) is 0 Å². The Morgan fingerprint density at radius 1 is 0.283 bits per heavy atom. The van der Waals surface area contributed by atoms with Gasteiger partial charge in [-0.25, -0.2) is 0 Å². The van der Waals surface area contributed by atoms with Gasteiger partial charge in [0.15, 0.2) is 0 Å². The first kappa shape index (κ1) is 35.2. The highest BCUT2D eigenvalue weighted by Crippen LogP contribution is 2.46. The Kier molecular flexibility index (Phi) is 8.87. The standard InChI is InChI=1S/C58H40N2/c1-3-16-41(17-4-1)43-30-35-47(36-31-43)59(55-29-15-21-45-20-7-8-23-50(45)55)56-27-13-11-25-52(56)51-24-10-9-22-49(51)46-34-39-54-53-26-12-14-28-57(53)60(58(54)40-46)48-37-32-44(33-38-48)42-18-5-2-6-19-42/h1-40H. The summed E-state index contributed by atoms with van der Waals surface area (Å²) in [6.45, 7) is 0. The Balaban J connectivity index is 1.07. The number of aromatic nitrogens is 1. The number of benzene rings is 10. The van der Waals surface area contributed by atoms with Gasteiger partial charge in [0.25, 0.3) is 0 Å². The summed E-state index contributed by atoms with van der Waals surface area (Å²) in [5.41, 5.74) is 16.4. The lowest BCUT2D eigenvalue weighted by Gasteiger charge is -2.29. The fourth-order valence-corrected chi connectivity index (χ4v) is 8.96.